The molecule has 2 N–H and O–H groups in total. The lowest BCUT2D eigenvalue weighted by Crippen LogP contribution is -2.49. The van der Waals surface area contributed by atoms with Crippen molar-refractivity contribution in [3.8, 4) is 0 Å². The van der Waals surface area contributed by atoms with Gasteiger partial charge >= 0.3 is 0 Å². The Hall–Kier alpha value is -0.610. The van der Waals surface area contributed by atoms with E-state index < -0.39 is 0 Å². The Morgan fingerprint density at radius 3 is 2.84 bits per heavy atom. The zero-order valence-corrected chi connectivity index (χ0v) is 12.9. The molecule has 4 heteroatoms. The molecule has 0 bridgehead atoms. The van der Waals surface area contributed by atoms with E-state index in [0.717, 1.165) is 32.6 Å². The van der Waals surface area contributed by atoms with Crippen LogP contribution in [-0.4, -0.2) is 49.6 Å². The molecule has 1 aliphatic rings. The summed E-state index contributed by atoms with van der Waals surface area (Å²) in [5.74, 6) is 0.834. The van der Waals surface area contributed by atoms with Crippen LogP contribution >= 0.6 is 0 Å². The van der Waals surface area contributed by atoms with Gasteiger partial charge in [-0.2, -0.15) is 0 Å². The van der Waals surface area contributed by atoms with Crippen molar-refractivity contribution in [2.24, 2.45) is 5.92 Å². The third kappa shape index (κ3) is 6.92. The van der Waals surface area contributed by atoms with Gasteiger partial charge in [-0.25, -0.2) is 0 Å². The monoisotopic (exact) mass is 269 g/mol. The summed E-state index contributed by atoms with van der Waals surface area (Å²) in [7, 11) is 0. The van der Waals surface area contributed by atoms with E-state index in [0.29, 0.717) is 18.5 Å². The van der Waals surface area contributed by atoms with Crippen LogP contribution < -0.4 is 10.6 Å². The van der Waals surface area contributed by atoms with Crippen LogP contribution in [0.15, 0.2) is 0 Å². The van der Waals surface area contributed by atoms with Crippen molar-refractivity contribution in [3.63, 3.8) is 0 Å². The average Bonchev–Trinajstić information content (AvgIpc) is 2.37. The number of hydrogen-bond donors (Lipinski definition) is 2. The fourth-order valence-electron chi connectivity index (χ4n) is 2.55. The van der Waals surface area contributed by atoms with E-state index in [1.54, 1.807) is 0 Å². The normalized spacial score (nSPS) is 20.7. The van der Waals surface area contributed by atoms with Crippen LogP contribution in [0.5, 0.6) is 0 Å². The molecule has 0 radical (unpaired) electrons. The molecule has 4 nitrogen and oxygen atoms in total. The maximum atomic E-state index is 11.9. The van der Waals surface area contributed by atoms with Crippen molar-refractivity contribution >= 4 is 5.91 Å². The Morgan fingerprint density at radius 1 is 1.37 bits per heavy atom. The number of amides is 1. The number of rotatable bonds is 8. The molecular weight excluding hydrogens is 238 g/mol. The van der Waals surface area contributed by atoms with E-state index in [1.807, 2.05) is 0 Å². The zero-order valence-electron chi connectivity index (χ0n) is 12.9. The van der Waals surface area contributed by atoms with E-state index in [2.05, 4.69) is 36.3 Å². The van der Waals surface area contributed by atoms with Gasteiger partial charge in [-0.1, -0.05) is 27.2 Å². The number of likely N-dealkylation sites (tertiary alicyclic amines) is 1. The van der Waals surface area contributed by atoms with Gasteiger partial charge in [0.25, 0.3) is 0 Å². The quantitative estimate of drug-likeness (QED) is 0.704. The molecule has 1 fully saturated rings. The van der Waals surface area contributed by atoms with Gasteiger partial charge in [-0.05, 0) is 38.3 Å². The molecule has 0 aromatic heterocycles. The maximum Gasteiger partial charge on any atom is 0.234 e. The van der Waals surface area contributed by atoms with Crippen LogP contribution in [-0.2, 0) is 4.79 Å². The SMILES string of the molecule is CCNCC1CCCCN1CC(=O)NCCC(C)C. The van der Waals surface area contributed by atoms with Crippen LogP contribution in [0.1, 0.15) is 46.5 Å². The third-order valence-electron chi connectivity index (χ3n) is 3.77. The van der Waals surface area contributed by atoms with E-state index in [-0.39, 0.29) is 5.91 Å². The predicted octanol–water partition coefficient (Wildman–Crippen LogP) is 1.61. The number of nitrogens with one attached hydrogen (secondary N) is 2. The maximum absolute atomic E-state index is 11.9. The number of likely N-dealkylation sites (N-methyl/N-ethyl adjacent to an activating group) is 1. The smallest absolute Gasteiger partial charge is 0.234 e. The molecule has 112 valence electrons. The second kappa shape index (κ2) is 9.32. The van der Waals surface area contributed by atoms with Crippen molar-refractivity contribution in [1.29, 1.82) is 0 Å². The first kappa shape index (κ1) is 16.4. The van der Waals surface area contributed by atoms with Gasteiger partial charge in [0.2, 0.25) is 5.91 Å². The largest absolute Gasteiger partial charge is 0.355 e. The molecule has 0 spiro atoms. The molecule has 1 heterocycles. The molecule has 0 aromatic rings. The van der Waals surface area contributed by atoms with Crippen LogP contribution in [0.4, 0.5) is 0 Å². The first-order valence-electron chi connectivity index (χ1n) is 7.85. The zero-order chi connectivity index (χ0) is 14.1. The topological polar surface area (TPSA) is 44.4 Å². The first-order valence-corrected chi connectivity index (χ1v) is 7.85. The van der Waals surface area contributed by atoms with Crippen molar-refractivity contribution in [2.45, 2.75) is 52.5 Å². The second-order valence-corrected chi connectivity index (χ2v) is 5.96. The molecule has 0 aromatic carbocycles. The Labute approximate surface area is 118 Å². The van der Waals surface area contributed by atoms with Gasteiger partial charge in [0.1, 0.15) is 0 Å². The lowest BCUT2D eigenvalue weighted by molar-refractivity contribution is -0.123. The van der Waals surface area contributed by atoms with E-state index in [1.165, 1.54) is 19.3 Å². The summed E-state index contributed by atoms with van der Waals surface area (Å²) in [6, 6.07) is 0.532. The summed E-state index contributed by atoms with van der Waals surface area (Å²) < 4.78 is 0. The Balaban J connectivity index is 2.28. The summed E-state index contributed by atoms with van der Waals surface area (Å²) >= 11 is 0. The highest BCUT2D eigenvalue weighted by molar-refractivity contribution is 5.78. The van der Waals surface area contributed by atoms with Crippen molar-refractivity contribution in [2.75, 3.05) is 32.7 Å². The minimum Gasteiger partial charge on any atom is -0.355 e. The fraction of sp³-hybridized carbons (Fsp3) is 0.933. The molecule has 1 atom stereocenters. The molecular formula is C15H31N3O. The standard InChI is InChI=1S/C15H31N3O/c1-4-16-11-14-7-5-6-10-18(14)12-15(19)17-9-8-13(2)3/h13-14,16H,4-12H2,1-3H3,(H,17,19). The summed E-state index contributed by atoms with van der Waals surface area (Å²) in [5, 5.41) is 6.44. The minimum absolute atomic E-state index is 0.184. The van der Waals surface area contributed by atoms with Crippen molar-refractivity contribution in [1.82, 2.24) is 15.5 Å². The third-order valence-corrected chi connectivity index (χ3v) is 3.77. The summed E-state index contributed by atoms with van der Waals surface area (Å²) in [6.45, 7) is 10.9. The molecule has 1 unspecified atom stereocenters. The van der Waals surface area contributed by atoms with E-state index in [4.69, 9.17) is 0 Å². The molecule has 1 amide bonds. The molecule has 19 heavy (non-hydrogen) atoms. The summed E-state index contributed by atoms with van der Waals surface area (Å²) in [6.07, 6.45) is 4.79. The fourth-order valence-corrected chi connectivity index (χ4v) is 2.55. The van der Waals surface area contributed by atoms with Gasteiger partial charge in [-0.15, -0.1) is 0 Å². The van der Waals surface area contributed by atoms with E-state index in [9.17, 15) is 4.79 Å². The molecule has 0 aliphatic carbocycles. The summed E-state index contributed by atoms with van der Waals surface area (Å²) in [5.41, 5.74) is 0. The summed E-state index contributed by atoms with van der Waals surface area (Å²) in [4.78, 5) is 14.3. The minimum atomic E-state index is 0.184. The number of carbonyl (C=O) groups is 1. The number of hydrogen-bond acceptors (Lipinski definition) is 3. The van der Waals surface area contributed by atoms with Crippen molar-refractivity contribution < 1.29 is 4.79 Å². The van der Waals surface area contributed by atoms with Crippen LogP contribution in [0, 0.1) is 5.92 Å². The molecule has 1 rings (SSSR count). The van der Waals surface area contributed by atoms with Gasteiger partial charge in [0.05, 0.1) is 6.54 Å². The lowest BCUT2D eigenvalue weighted by Gasteiger charge is -2.35. The first-order chi connectivity index (χ1) is 9.13. The Bertz CT molecular complexity index is 256. The molecule has 0 saturated carbocycles. The number of piperidine rings is 1. The van der Waals surface area contributed by atoms with Gasteiger partial charge in [0, 0.05) is 19.1 Å². The van der Waals surface area contributed by atoms with Crippen molar-refractivity contribution in [3.05, 3.63) is 0 Å². The highest BCUT2D eigenvalue weighted by atomic mass is 16.2. The van der Waals surface area contributed by atoms with Crippen LogP contribution in [0.3, 0.4) is 0 Å². The lowest BCUT2D eigenvalue weighted by atomic mass is 10.0. The van der Waals surface area contributed by atoms with E-state index >= 15 is 0 Å². The highest BCUT2D eigenvalue weighted by Crippen LogP contribution is 2.15. The Kier molecular flexibility index (Phi) is 8.07. The molecule has 1 saturated heterocycles. The Morgan fingerprint density at radius 2 is 2.16 bits per heavy atom. The van der Waals surface area contributed by atoms with Gasteiger partial charge in [-0.3, -0.25) is 9.69 Å². The molecule has 1 aliphatic heterocycles. The number of nitrogens with zero attached hydrogens (tertiary/aromatic N) is 1. The predicted molar refractivity (Wildman–Crippen MR) is 80.2 cm³/mol. The van der Waals surface area contributed by atoms with Crippen LogP contribution in [0.25, 0.3) is 0 Å². The second-order valence-electron chi connectivity index (χ2n) is 5.96. The average molecular weight is 269 g/mol. The van der Waals surface area contributed by atoms with Crippen LogP contribution in [0.2, 0.25) is 0 Å². The van der Waals surface area contributed by atoms with Gasteiger partial charge in [0.15, 0.2) is 0 Å². The highest BCUT2D eigenvalue weighted by Gasteiger charge is 2.23. The number of carbonyl (C=O) groups excluding carboxylic acids is 1. The van der Waals surface area contributed by atoms with Gasteiger partial charge < -0.3 is 10.6 Å².